The van der Waals surface area contributed by atoms with Gasteiger partial charge in [-0.3, -0.25) is 9.36 Å². The molecule has 0 saturated carbocycles. The van der Waals surface area contributed by atoms with Crippen LogP contribution >= 0.6 is 15.9 Å². The number of ether oxygens (including phenoxy) is 1. The Kier molecular flexibility index (Phi) is 5.41. The molecule has 134 valence electrons. The average Bonchev–Trinajstić information content (AvgIpc) is 2.60. The fourth-order valence-electron chi connectivity index (χ4n) is 2.28. The van der Waals surface area contributed by atoms with E-state index in [0.29, 0.717) is 5.56 Å². The molecular formula is C18H12BrF3N2O2. The number of aromatic nitrogens is 2. The van der Waals surface area contributed by atoms with Crippen molar-refractivity contribution in [2.75, 3.05) is 0 Å². The predicted molar refractivity (Wildman–Crippen MR) is 92.4 cm³/mol. The van der Waals surface area contributed by atoms with Crippen LogP contribution in [0.2, 0.25) is 0 Å². The molecule has 0 N–H and O–H groups in total. The van der Waals surface area contributed by atoms with Crippen LogP contribution in [0.1, 0.15) is 11.1 Å². The number of rotatable bonds is 5. The molecule has 0 aliphatic heterocycles. The van der Waals surface area contributed by atoms with Gasteiger partial charge in [-0.15, -0.1) is 0 Å². The molecule has 0 amide bonds. The SMILES string of the molecule is O=c1c(Br)c(OCc2ccc(F)cc2F)ncn1Cc1cccc(F)c1. The van der Waals surface area contributed by atoms with Crippen molar-refractivity contribution < 1.29 is 17.9 Å². The Balaban J connectivity index is 1.78. The first kappa shape index (κ1) is 18.2. The van der Waals surface area contributed by atoms with E-state index in [2.05, 4.69) is 20.9 Å². The van der Waals surface area contributed by atoms with Crippen molar-refractivity contribution >= 4 is 15.9 Å². The molecule has 0 atom stereocenters. The monoisotopic (exact) mass is 424 g/mol. The second-order valence-electron chi connectivity index (χ2n) is 5.45. The second-order valence-corrected chi connectivity index (χ2v) is 6.24. The third kappa shape index (κ3) is 4.13. The summed E-state index contributed by atoms with van der Waals surface area (Å²) in [7, 11) is 0. The third-order valence-corrected chi connectivity index (χ3v) is 4.25. The summed E-state index contributed by atoms with van der Waals surface area (Å²) in [6, 6.07) is 8.98. The van der Waals surface area contributed by atoms with E-state index in [1.54, 1.807) is 12.1 Å². The zero-order valence-electron chi connectivity index (χ0n) is 13.3. The van der Waals surface area contributed by atoms with Crippen molar-refractivity contribution in [1.82, 2.24) is 9.55 Å². The molecule has 2 aromatic carbocycles. The standard InChI is InChI=1S/C18H12BrF3N2O2/c19-16-17(26-9-12-4-5-14(21)7-15(12)22)23-10-24(18(16)25)8-11-2-1-3-13(20)6-11/h1-7,10H,8-9H2. The van der Waals surface area contributed by atoms with Gasteiger partial charge in [0.15, 0.2) is 0 Å². The first-order valence-electron chi connectivity index (χ1n) is 7.50. The van der Waals surface area contributed by atoms with E-state index < -0.39 is 23.0 Å². The van der Waals surface area contributed by atoms with Crippen LogP contribution in [0, 0.1) is 17.5 Å². The summed E-state index contributed by atoms with van der Waals surface area (Å²) in [5, 5.41) is 0. The van der Waals surface area contributed by atoms with E-state index in [-0.39, 0.29) is 29.1 Å². The molecular weight excluding hydrogens is 413 g/mol. The van der Waals surface area contributed by atoms with Gasteiger partial charge in [-0.25, -0.2) is 18.2 Å². The molecule has 0 saturated heterocycles. The van der Waals surface area contributed by atoms with Crippen LogP contribution in [0.5, 0.6) is 5.88 Å². The topological polar surface area (TPSA) is 44.1 Å². The molecule has 0 aliphatic carbocycles. The molecule has 0 radical (unpaired) electrons. The lowest BCUT2D eigenvalue weighted by molar-refractivity contribution is 0.283. The average molecular weight is 425 g/mol. The number of hydrogen-bond acceptors (Lipinski definition) is 3. The fraction of sp³-hybridized carbons (Fsp3) is 0.111. The molecule has 26 heavy (non-hydrogen) atoms. The van der Waals surface area contributed by atoms with Crippen molar-refractivity contribution in [2.45, 2.75) is 13.2 Å². The first-order chi connectivity index (χ1) is 12.4. The highest BCUT2D eigenvalue weighted by Crippen LogP contribution is 2.20. The Morgan fingerprint density at radius 3 is 2.58 bits per heavy atom. The van der Waals surface area contributed by atoms with Crippen LogP contribution in [0.25, 0.3) is 0 Å². The van der Waals surface area contributed by atoms with Gasteiger partial charge in [-0.2, -0.15) is 0 Å². The van der Waals surface area contributed by atoms with E-state index in [0.717, 1.165) is 12.1 Å². The van der Waals surface area contributed by atoms with Crippen LogP contribution in [-0.2, 0) is 13.2 Å². The lowest BCUT2D eigenvalue weighted by Gasteiger charge is -2.10. The number of hydrogen-bond donors (Lipinski definition) is 0. The van der Waals surface area contributed by atoms with Crippen molar-refractivity contribution in [3.05, 3.63) is 92.2 Å². The maximum absolute atomic E-state index is 13.6. The van der Waals surface area contributed by atoms with Gasteiger partial charge in [0.25, 0.3) is 5.56 Å². The van der Waals surface area contributed by atoms with Crippen molar-refractivity contribution in [3.63, 3.8) is 0 Å². The molecule has 0 bridgehead atoms. The van der Waals surface area contributed by atoms with Crippen molar-refractivity contribution in [2.24, 2.45) is 0 Å². The molecule has 0 unspecified atom stereocenters. The van der Waals surface area contributed by atoms with Crippen LogP contribution in [-0.4, -0.2) is 9.55 Å². The van der Waals surface area contributed by atoms with Gasteiger partial charge in [0, 0.05) is 11.6 Å². The molecule has 0 fully saturated rings. The van der Waals surface area contributed by atoms with Gasteiger partial charge in [0.2, 0.25) is 5.88 Å². The molecule has 0 spiro atoms. The summed E-state index contributed by atoms with van der Waals surface area (Å²) in [5.74, 6) is -1.86. The van der Waals surface area contributed by atoms with Crippen LogP contribution in [0.15, 0.2) is 58.1 Å². The quantitative estimate of drug-likeness (QED) is 0.620. The van der Waals surface area contributed by atoms with Crippen molar-refractivity contribution in [3.8, 4) is 5.88 Å². The molecule has 3 rings (SSSR count). The predicted octanol–water partition coefficient (Wildman–Crippen LogP) is 4.05. The van der Waals surface area contributed by atoms with Gasteiger partial charge in [0.1, 0.15) is 34.9 Å². The van der Waals surface area contributed by atoms with E-state index in [1.807, 2.05) is 0 Å². The minimum Gasteiger partial charge on any atom is -0.472 e. The molecule has 3 aromatic rings. The number of nitrogens with zero attached hydrogens (tertiary/aromatic N) is 2. The number of halogens is 4. The largest absolute Gasteiger partial charge is 0.472 e. The maximum atomic E-state index is 13.6. The van der Waals surface area contributed by atoms with Gasteiger partial charge < -0.3 is 4.74 Å². The van der Waals surface area contributed by atoms with Crippen LogP contribution < -0.4 is 10.3 Å². The summed E-state index contributed by atoms with van der Waals surface area (Å²) < 4.78 is 46.5. The van der Waals surface area contributed by atoms with E-state index in [1.165, 1.54) is 29.1 Å². The summed E-state index contributed by atoms with van der Waals surface area (Å²) in [6.45, 7) is -0.0832. The summed E-state index contributed by atoms with van der Waals surface area (Å²) in [5.41, 5.74) is 0.297. The zero-order chi connectivity index (χ0) is 18.7. The fourth-order valence-corrected chi connectivity index (χ4v) is 2.72. The smallest absolute Gasteiger partial charge is 0.271 e. The molecule has 1 aromatic heterocycles. The highest BCUT2D eigenvalue weighted by molar-refractivity contribution is 9.10. The number of benzene rings is 2. The Morgan fingerprint density at radius 1 is 1.08 bits per heavy atom. The van der Waals surface area contributed by atoms with Crippen LogP contribution in [0.3, 0.4) is 0 Å². The maximum Gasteiger partial charge on any atom is 0.271 e. The van der Waals surface area contributed by atoms with Crippen molar-refractivity contribution in [1.29, 1.82) is 0 Å². The highest BCUT2D eigenvalue weighted by Gasteiger charge is 2.12. The first-order valence-corrected chi connectivity index (χ1v) is 8.29. The van der Waals surface area contributed by atoms with E-state index >= 15 is 0 Å². The molecule has 8 heteroatoms. The Morgan fingerprint density at radius 2 is 1.85 bits per heavy atom. The molecule has 1 heterocycles. The lowest BCUT2D eigenvalue weighted by Crippen LogP contribution is -2.22. The van der Waals surface area contributed by atoms with E-state index in [4.69, 9.17) is 4.74 Å². The summed E-state index contributed by atoms with van der Waals surface area (Å²) >= 11 is 3.11. The van der Waals surface area contributed by atoms with Gasteiger partial charge in [-0.1, -0.05) is 12.1 Å². The van der Waals surface area contributed by atoms with Gasteiger partial charge in [0.05, 0.1) is 6.54 Å². The van der Waals surface area contributed by atoms with Gasteiger partial charge >= 0.3 is 0 Å². The minimum atomic E-state index is -0.749. The Hall–Kier alpha value is -2.61. The Bertz CT molecular complexity index is 1010. The molecule has 4 nitrogen and oxygen atoms in total. The Labute approximate surface area is 155 Å². The molecule has 0 aliphatic rings. The highest BCUT2D eigenvalue weighted by atomic mass is 79.9. The third-order valence-electron chi connectivity index (χ3n) is 3.57. The summed E-state index contributed by atoms with van der Waals surface area (Å²) in [4.78, 5) is 16.4. The van der Waals surface area contributed by atoms with Crippen LogP contribution in [0.4, 0.5) is 13.2 Å². The summed E-state index contributed by atoms with van der Waals surface area (Å²) in [6.07, 6.45) is 1.26. The minimum absolute atomic E-state index is 0.0192. The van der Waals surface area contributed by atoms with E-state index in [9.17, 15) is 18.0 Å². The second kappa shape index (κ2) is 7.74. The van der Waals surface area contributed by atoms with Gasteiger partial charge in [-0.05, 0) is 45.8 Å². The normalized spacial score (nSPS) is 10.8. The zero-order valence-corrected chi connectivity index (χ0v) is 14.8. The lowest BCUT2D eigenvalue weighted by atomic mass is 10.2.